The summed E-state index contributed by atoms with van der Waals surface area (Å²) in [6.45, 7) is 2.91. The van der Waals surface area contributed by atoms with Gasteiger partial charge in [0.25, 0.3) is 0 Å². The van der Waals surface area contributed by atoms with Crippen LogP contribution in [0.25, 0.3) is 0 Å². The molecule has 21 heavy (non-hydrogen) atoms. The van der Waals surface area contributed by atoms with E-state index in [0.29, 0.717) is 11.8 Å². The van der Waals surface area contributed by atoms with Gasteiger partial charge in [0, 0.05) is 17.5 Å². The van der Waals surface area contributed by atoms with Crippen LogP contribution in [0.4, 0.5) is 0 Å². The zero-order chi connectivity index (χ0) is 15.1. The summed E-state index contributed by atoms with van der Waals surface area (Å²) in [7, 11) is 1.66. The van der Waals surface area contributed by atoms with E-state index in [1.807, 2.05) is 24.3 Å². The fraction of sp³-hybridized carbons (Fsp3) is 0.588. The molecule has 0 atom stereocenters. The number of methoxy groups -OCH3 is 1. The van der Waals surface area contributed by atoms with Gasteiger partial charge in [-0.1, -0.05) is 19.3 Å². The minimum absolute atomic E-state index is 0.269. The average molecular weight is 307 g/mol. The molecular formula is C17H25NO2S. The number of rotatable bonds is 6. The second kappa shape index (κ2) is 8.32. The second-order valence-corrected chi connectivity index (χ2v) is 6.48. The summed E-state index contributed by atoms with van der Waals surface area (Å²) in [5.41, 5.74) is 0. The first kappa shape index (κ1) is 16.2. The molecule has 1 fully saturated rings. The first-order valence-corrected chi connectivity index (χ1v) is 8.79. The normalized spacial score (nSPS) is 15.7. The zero-order valence-electron chi connectivity index (χ0n) is 13.0. The fourth-order valence-corrected chi connectivity index (χ4v) is 3.72. The van der Waals surface area contributed by atoms with Crippen LogP contribution in [0, 0.1) is 0 Å². The summed E-state index contributed by atoms with van der Waals surface area (Å²) in [5.74, 6) is 1.64. The SMILES string of the molecule is CCN(C(=O)CSc1ccc(OC)cc1)C1CCCCC1. The van der Waals surface area contributed by atoms with E-state index in [1.165, 1.54) is 32.1 Å². The number of thioether (sulfide) groups is 1. The number of hydrogen-bond donors (Lipinski definition) is 0. The van der Waals surface area contributed by atoms with Crippen molar-refractivity contribution < 1.29 is 9.53 Å². The van der Waals surface area contributed by atoms with Crippen molar-refractivity contribution in [2.24, 2.45) is 0 Å². The number of benzene rings is 1. The minimum Gasteiger partial charge on any atom is -0.497 e. The third-order valence-corrected chi connectivity index (χ3v) is 5.10. The quantitative estimate of drug-likeness (QED) is 0.745. The minimum atomic E-state index is 0.269. The molecule has 116 valence electrons. The van der Waals surface area contributed by atoms with Crippen LogP contribution in [-0.4, -0.2) is 36.3 Å². The Balaban J connectivity index is 1.86. The molecule has 0 bridgehead atoms. The number of carbonyl (C=O) groups is 1. The standard InChI is InChI=1S/C17H25NO2S/c1-3-18(14-7-5-4-6-8-14)17(19)13-21-16-11-9-15(20-2)10-12-16/h9-12,14H,3-8,13H2,1-2H3. The number of hydrogen-bond acceptors (Lipinski definition) is 3. The van der Waals surface area contributed by atoms with Crippen LogP contribution in [0.1, 0.15) is 39.0 Å². The van der Waals surface area contributed by atoms with E-state index >= 15 is 0 Å². The lowest BCUT2D eigenvalue weighted by Crippen LogP contribution is -2.42. The summed E-state index contributed by atoms with van der Waals surface area (Å²) in [5, 5.41) is 0. The number of ether oxygens (including phenoxy) is 1. The van der Waals surface area contributed by atoms with Gasteiger partial charge in [-0.05, 0) is 44.0 Å². The highest BCUT2D eigenvalue weighted by Gasteiger charge is 2.23. The van der Waals surface area contributed by atoms with Crippen molar-refractivity contribution in [1.29, 1.82) is 0 Å². The first-order valence-electron chi connectivity index (χ1n) is 7.81. The molecule has 0 unspecified atom stereocenters. The predicted octanol–water partition coefficient (Wildman–Crippen LogP) is 3.97. The molecule has 1 aliphatic carbocycles. The molecule has 0 heterocycles. The van der Waals surface area contributed by atoms with Crippen molar-refractivity contribution >= 4 is 17.7 Å². The van der Waals surface area contributed by atoms with Crippen molar-refractivity contribution in [3.8, 4) is 5.75 Å². The molecule has 2 rings (SSSR count). The van der Waals surface area contributed by atoms with E-state index < -0.39 is 0 Å². The largest absolute Gasteiger partial charge is 0.497 e. The maximum Gasteiger partial charge on any atom is 0.233 e. The van der Waals surface area contributed by atoms with Crippen LogP contribution < -0.4 is 4.74 Å². The van der Waals surface area contributed by atoms with Crippen LogP contribution in [0.2, 0.25) is 0 Å². The molecule has 4 heteroatoms. The molecule has 0 aromatic heterocycles. The molecule has 0 aliphatic heterocycles. The molecule has 1 saturated carbocycles. The highest BCUT2D eigenvalue weighted by molar-refractivity contribution is 8.00. The highest BCUT2D eigenvalue weighted by atomic mass is 32.2. The molecule has 0 saturated heterocycles. The molecule has 1 aromatic carbocycles. The lowest BCUT2D eigenvalue weighted by atomic mass is 9.94. The van der Waals surface area contributed by atoms with E-state index in [4.69, 9.17) is 4.74 Å². The molecular weight excluding hydrogens is 282 g/mol. The van der Waals surface area contributed by atoms with E-state index in [9.17, 15) is 4.79 Å². The van der Waals surface area contributed by atoms with Gasteiger partial charge in [-0.2, -0.15) is 0 Å². The summed E-state index contributed by atoms with van der Waals surface area (Å²) < 4.78 is 5.15. The Hall–Kier alpha value is -1.16. The lowest BCUT2D eigenvalue weighted by molar-refractivity contribution is -0.131. The van der Waals surface area contributed by atoms with Gasteiger partial charge >= 0.3 is 0 Å². The fourth-order valence-electron chi connectivity index (χ4n) is 2.93. The first-order chi connectivity index (χ1) is 10.2. The smallest absolute Gasteiger partial charge is 0.233 e. The number of amides is 1. The van der Waals surface area contributed by atoms with Crippen molar-refractivity contribution in [3.63, 3.8) is 0 Å². The molecule has 0 spiro atoms. The van der Waals surface area contributed by atoms with E-state index in [1.54, 1.807) is 18.9 Å². The van der Waals surface area contributed by atoms with Crippen LogP contribution in [0.5, 0.6) is 5.75 Å². The van der Waals surface area contributed by atoms with Gasteiger partial charge < -0.3 is 9.64 Å². The molecule has 1 amide bonds. The van der Waals surface area contributed by atoms with Gasteiger partial charge in [0.2, 0.25) is 5.91 Å². The Kier molecular flexibility index (Phi) is 6.43. The Labute approximate surface area is 132 Å². The van der Waals surface area contributed by atoms with Crippen molar-refractivity contribution in [1.82, 2.24) is 4.90 Å². The van der Waals surface area contributed by atoms with Gasteiger partial charge in [-0.15, -0.1) is 11.8 Å². The Morgan fingerprint density at radius 3 is 2.48 bits per heavy atom. The highest BCUT2D eigenvalue weighted by Crippen LogP contribution is 2.25. The second-order valence-electron chi connectivity index (χ2n) is 5.44. The summed E-state index contributed by atoms with van der Waals surface area (Å²) in [4.78, 5) is 15.6. The summed E-state index contributed by atoms with van der Waals surface area (Å²) >= 11 is 1.61. The van der Waals surface area contributed by atoms with Gasteiger partial charge in [-0.25, -0.2) is 0 Å². The van der Waals surface area contributed by atoms with E-state index in [-0.39, 0.29) is 5.91 Å². The monoisotopic (exact) mass is 307 g/mol. The third kappa shape index (κ3) is 4.67. The molecule has 0 N–H and O–H groups in total. The molecule has 3 nitrogen and oxygen atoms in total. The van der Waals surface area contributed by atoms with Crippen molar-refractivity contribution in [2.75, 3.05) is 19.4 Å². The maximum absolute atomic E-state index is 12.5. The maximum atomic E-state index is 12.5. The van der Waals surface area contributed by atoms with Crippen molar-refractivity contribution in [2.45, 2.75) is 50.0 Å². The van der Waals surface area contributed by atoms with Crippen molar-refractivity contribution in [3.05, 3.63) is 24.3 Å². The average Bonchev–Trinajstić information content (AvgIpc) is 2.55. The van der Waals surface area contributed by atoms with Crippen LogP contribution >= 0.6 is 11.8 Å². The Morgan fingerprint density at radius 2 is 1.90 bits per heavy atom. The van der Waals surface area contributed by atoms with Gasteiger partial charge in [0.05, 0.1) is 12.9 Å². The topological polar surface area (TPSA) is 29.5 Å². The number of carbonyl (C=O) groups excluding carboxylic acids is 1. The predicted molar refractivity (Wildman–Crippen MR) is 88.0 cm³/mol. The summed E-state index contributed by atoms with van der Waals surface area (Å²) in [6, 6.07) is 8.35. The zero-order valence-corrected chi connectivity index (χ0v) is 13.8. The van der Waals surface area contributed by atoms with Crippen LogP contribution in [0.3, 0.4) is 0 Å². The van der Waals surface area contributed by atoms with Gasteiger partial charge in [-0.3, -0.25) is 4.79 Å². The molecule has 0 radical (unpaired) electrons. The van der Waals surface area contributed by atoms with Gasteiger partial charge in [0.15, 0.2) is 0 Å². The van der Waals surface area contributed by atoms with Crippen LogP contribution in [0.15, 0.2) is 29.2 Å². The van der Waals surface area contributed by atoms with E-state index in [0.717, 1.165) is 17.2 Å². The Bertz CT molecular complexity index is 441. The molecule has 1 aliphatic rings. The molecule has 1 aromatic rings. The van der Waals surface area contributed by atoms with E-state index in [2.05, 4.69) is 11.8 Å². The summed E-state index contributed by atoms with van der Waals surface area (Å²) in [6.07, 6.45) is 6.20. The lowest BCUT2D eigenvalue weighted by Gasteiger charge is -2.33. The number of nitrogens with zero attached hydrogens (tertiary/aromatic N) is 1. The Morgan fingerprint density at radius 1 is 1.24 bits per heavy atom. The third-order valence-electron chi connectivity index (χ3n) is 4.10. The van der Waals surface area contributed by atoms with Crippen LogP contribution in [-0.2, 0) is 4.79 Å². The van der Waals surface area contributed by atoms with Gasteiger partial charge in [0.1, 0.15) is 5.75 Å².